The summed E-state index contributed by atoms with van der Waals surface area (Å²) in [5.41, 5.74) is 3.24. The zero-order valence-electron chi connectivity index (χ0n) is 16.7. The SMILES string of the molecule is Cc1cc(-n2nnc(C(=O)NCCc3ccc(Cl)cc3)c2-c2ccccn2)ccc1F. The van der Waals surface area contributed by atoms with Gasteiger partial charge in [0.05, 0.1) is 11.4 Å². The van der Waals surface area contributed by atoms with Gasteiger partial charge >= 0.3 is 0 Å². The second kappa shape index (κ2) is 9.06. The molecule has 8 heteroatoms. The van der Waals surface area contributed by atoms with Crippen LogP contribution in [0.15, 0.2) is 66.9 Å². The Morgan fingerprint density at radius 3 is 2.65 bits per heavy atom. The van der Waals surface area contributed by atoms with Crippen molar-refractivity contribution in [1.29, 1.82) is 0 Å². The van der Waals surface area contributed by atoms with E-state index in [1.54, 1.807) is 37.4 Å². The molecule has 1 N–H and O–H groups in total. The van der Waals surface area contributed by atoms with Crippen LogP contribution in [0.5, 0.6) is 0 Å². The monoisotopic (exact) mass is 435 g/mol. The van der Waals surface area contributed by atoms with E-state index in [-0.39, 0.29) is 17.4 Å². The third kappa shape index (κ3) is 4.62. The number of aromatic nitrogens is 4. The van der Waals surface area contributed by atoms with Crippen molar-refractivity contribution in [2.45, 2.75) is 13.3 Å². The average molecular weight is 436 g/mol. The fourth-order valence-corrected chi connectivity index (χ4v) is 3.29. The van der Waals surface area contributed by atoms with Crippen LogP contribution in [-0.4, -0.2) is 32.4 Å². The maximum atomic E-state index is 13.7. The molecule has 156 valence electrons. The van der Waals surface area contributed by atoms with Crippen LogP contribution < -0.4 is 5.32 Å². The second-order valence-electron chi connectivity index (χ2n) is 6.98. The normalized spacial score (nSPS) is 10.8. The van der Waals surface area contributed by atoms with E-state index in [1.807, 2.05) is 30.3 Å². The molecule has 0 fully saturated rings. The van der Waals surface area contributed by atoms with E-state index in [9.17, 15) is 9.18 Å². The third-order valence-corrected chi connectivity index (χ3v) is 5.04. The van der Waals surface area contributed by atoms with Crippen molar-refractivity contribution in [3.63, 3.8) is 0 Å². The van der Waals surface area contributed by atoms with Crippen molar-refractivity contribution in [2.24, 2.45) is 0 Å². The minimum atomic E-state index is -0.361. The van der Waals surface area contributed by atoms with Gasteiger partial charge < -0.3 is 5.32 Å². The molecule has 2 heterocycles. The molecule has 31 heavy (non-hydrogen) atoms. The molecule has 6 nitrogen and oxygen atoms in total. The fourth-order valence-electron chi connectivity index (χ4n) is 3.16. The molecule has 0 aliphatic heterocycles. The Labute approximate surface area is 183 Å². The summed E-state index contributed by atoms with van der Waals surface area (Å²) in [6, 6.07) is 17.4. The molecule has 2 aromatic carbocycles. The predicted molar refractivity (Wildman–Crippen MR) is 117 cm³/mol. The lowest BCUT2D eigenvalue weighted by Gasteiger charge is -2.09. The number of halogens is 2. The number of amides is 1. The van der Waals surface area contributed by atoms with Gasteiger partial charge in [-0.1, -0.05) is 35.0 Å². The number of rotatable bonds is 6. The molecule has 0 bridgehead atoms. The first kappa shape index (κ1) is 20.7. The van der Waals surface area contributed by atoms with Gasteiger partial charge in [0, 0.05) is 17.8 Å². The summed E-state index contributed by atoms with van der Waals surface area (Å²) in [6.07, 6.45) is 2.28. The Hall–Kier alpha value is -3.58. The number of carbonyl (C=O) groups excluding carboxylic acids is 1. The maximum absolute atomic E-state index is 13.7. The number of hydrogen-bond donors (Lipinski definition) is 1. The summed E-state index contributed by atoms with van der Waals surface area (Å²) in [5.74, 6) is -0.678. The molecule has 0 spiro atoms. The first-order valence-corrected chi connectivity index (χ1v) is 10.1. The Morgan fingerprint density at radius 2 is 1.94 bits per heavy atom. The summed E-state index contributed by atoms with van der Waals surface area (Å²) in [4.78, 5) is 17.3. The molecular weight excluding hydrogens is 417 g/mol. The van der Waals surface area contributed by atoms with Gasteiger partial charge in [-0.3, -0.25) is 9.78 Å². The molecule has 0 atom stereocenters. The highest BCUT2D eigenvalue weighted by atomic mass is 35.5. The Morgan fingerprint density at radius 1 is 1.13 bits per heavy atom. The van der Waals surface area contributed by atoms with Gasteiger partial charge in [-0.05, 0) is 66.9 Å². The van der Waals surface area contributed by atoms with Gasteiger partial charge in [-0.2, -0.15) is 0 Å². The predicted octanol–water partition coefficient (Wildman–Crippen LogP) is 4.40. The number of carbonyl (C=O) groups is 1. The number of pyridine rings is 1. The van der Waals surface area contributed by atoms with E-state index < -0.39 is 0 Å². The molecule has 2 aromatic heterocycles. The fraction of sp³-hybridized carbons (Fsp3) is 0.130. The first-order valence-electron chi connectivity index (χ1n) is 9.69. The summed E-state index contributed by atoms with van der Waals surface area (Å²) >= 11 is 5.91. The van der Waals surface area contributed by atoms with E-state index in [0.29, 0.717) is 40.6 Å². The lowest BCUT2D eigenvalue weighted by Crippen LogP contribution is -2.26. The van der Waals surface area contributed by atoms with Gasteiger partial charge in [0.15, 0.2) is 5.69 Å². The van der Waals surface area contributed by atoms with Crippen LogP contribution in [0, 0.1) is 12.7 Å². The smallest absolute Gasteiger partial charge is 0.274 e. The molecule has 4 aromatic rings. The van der Waals surface area contributed by atoms with Gasteiger partial charge in [0.1, 0.15) is 11.5 Å². The molecule has 0 aliphatic carbocycles. The Bertz CT molecular complexity index is 1210. The van der Waals surface area contributed by atoms with Crippen LogP contribution in [0.25, 0.3) is 17.1 Å². The number of hydrogen-bond acceptors (Lipinski definition) is 4. The van der Waals surface area contributed by atoms with Crippen LogP contribution in [0.1, 0.15) is 21.6 Å². The van der Waals surface area contributed by atoms with Crippen LogP contribution in [0.3, 0.4) is 0 Å². The molecule has 0 unspecified atom stereocenters. The van der Waals surface area contributed by atoms with E-state index >= 15 is 0 Å². The summed E-state index contributed by atoms with van der Waals surface area (Å²) in [5, 5.41) is 11.8. The van der Waals surface area contributed by atoms with Crippen molar-refractivity contribution < 1.29 is 9.18 Å². The number of aryl methyl sites for hydroxylation is 1. The van der Waals surface area contributed by atoms with Crippen molar-refractivity contribution in [3.8, 4) is 17.1 Å². The minimum Gasteiger partial charge on any atom is -0.350 e. The van der Waals surface area contributed by atoms with E-state index in [4.69, 9.17) is 11.6 Å². The quantitative estimate of drug-likeness (QED) is 0.487. The van der Waals surface area contributed by atoms with E-state index in [1.165, 1.54) is 10.7 Å². The molecule has 0 saturated carbocycles. The van der Waals surface area contributed by atoms with Gasteiger partial charge in [0.2, 0.25) is 0 Å². The number of nitrogens with zero attached hydrogens (tertiary/aromatic N) is 4. The average Bonchev–Trinajstić information content (AvgIpc) is 3.23. The zero-order valence-corrected chi connectivity index (χ0v) is 17.5. The van der Waals surface area contributed by atoms with Crippen molar-refractivity contribution in [1.82, 2.24) is 25.3 Å². The molecule has 0 aliphatic rings. The molecule has 4 rings (SSSR count). The maximum Gasteiger partial charge on any atom is 0.274 e. The number of nitrogens with one attached hydrogen (secondary N) is 1. The second-order valence-corrected chi connectivity index (χ2v) is 7.42. The summed E-state index contributed by atoms with van der Waals surface area (Å²) in [6.45, 7) is 2.09. The zero-order chi connectivity index (χ0) is 21.8. The summed E-state index contributed by atoms with van der Waals surface area (Å²) in [7, 11) is 0. The first-order chi connectivity index (χ1) is 15.0. The highest BCUT2D eigenvalue weighted by Gasteiger charge is 2.23. The van der Waals surface area contributed by atoms with Crippen LogP contribution in [-0.2, 0) is 6.42 Å². The number of benzene rings is 2. The highest BCUT2D eigenvalue weighted by molar-refractivity contribution is 6.30. The highest BCUT2D eigenvalue weighted by Crippen LogP contribution is 2.24. The topological polar surface area (TPSA) is 72.7 Å². The van der Waals surface area contributed by atoms with Crippen molar-refractivity contribution >= 4 is 17.5 Å². The van der Waals surface area contributed by atoms with Crippen molar-refractivity contribution in [2.75, 3.05) is 6.54 Å². The molecule has 0 radical (unpaired) electrons. The molecule has 1 amide bonds. The van der Waals surface area contributed by atoms with Crippen LogP contribution >= 0.6 is 11.6 Å². The van der Waals surface area contributed by atoms with E-state index in [2.05, 4.69) is 20.6 Å². The molecule has 0 saturated heterocycles. The van der Waals surface area contributed by atoms with Gasteiger partial charge in [0.25, 0.3) is 5.91 Å². The minimum absolute atomic E-state index is 0.150. The van der Waals surface area contributed by atoms with E-state index in [0.717, 1.165) is 5.56 Å². The van der Waals surface area contributed by atoms with Crippen LogP contribution in [0.2, 0.25) is 5.02 Å². The van der Waals surface area contributed by atoms with Gasteiger partial charge in [-0.15, -0.1) is 5.10 Å². The Kier molecular flexibility index (Phi) is 6.04. The molecular formula is C23H19ClFN5O. The third-order valence-electron chi connectivity index (χ3n) is 4.79. The lowest BCUT2D eigenvalue weighted by atomic mass is 10.1. The summed E-state index contributed by atoms with van der Waals surface area (Å²) < 4.78 is 15.2. The lowest BCUT2D eigenvalue weighted by molar-refractivity contribution is 0.0949. The largest absolute Gasteiger partial charge is 0.350 e. The van der Waals surface area contributed by atoms with Gasteiger partial charge in [-0.25, -0.2) is 9.07 Å². The van der Waals surface area contributed by atoms with Crippen molar-refractivity contribution in [3.05, 3.63) is 94.5 Å². The Balaban J connectivity index is 1.62. The van der Waals surface area contributed by atoms with Crippen LogP contribution in [0.4, 0.5) is 4.39 Å². The standard InChI is InChI=1S/C23H19ClFN5O/c1-15-14-18(9-10-19(15)25)30-22(20-4-2-3-12-26-20)21(28-29-30)23(31)27-13-11-16-5-7-17(24)8-6-16/h2-10,12,14H,11,13H2,1H3,(H,27,31).